The van der Waals surface area contributed by atoms with Crippen molar-refractivity contribution in [1.82, 2.24) is 0 Å². The summed E-state index contributed by atoms with van der Waals surface area (Å²) in [6.45, 7) is 5.78. The fourth-order valence-corrected chi connectivity index (χ4v) is 7.51. The SMILES string of the molecule is CCC(O)(CC)C12CC(C)CC(C1)CC(OC(=O)C(F)(F)S(=O)(=O)O)(C1(O)CCCC1)C2. The molecule has 3 aliphatic rings. The maximum Gasteiger partial charge on any atom is 0.465 e. The van der Waals surface area contributed by atoms with E-state index in [1.807, 2.05) is 13.8 Å². The van der Waals surface area contributed by atoms with E-state index in [0.29, 0.717) is 38.5 Å². The van der Waals surface area contributed by atoms with Gasteiger partial charge in [-0.15, -0.1) is 0 Å². The molecule has 4 atom stereocenters. The van der Waals surface area contributed by atoms with Gasteiger partial charge in [0.2, 0.25) is 0 Å². The normalized spacial score (nSPS) is 35.5. The second-order valence-electron chi connectivity index (χ2n) is 10.6. The molecule has 0 aromatic heterocycles. The molecule has 3 aliphatic carbocycles. The molecule has 186 valence electrons. The quantitative estimate of drug-likeness (QED) is 0.372. The maximum atomic E-state index is 14.2. The number of ether oxygens (including phenoxy) is 1. The second kappa shape index (κ2) is 8.13. The van der Waals surface area contributed by atoms with Gasteiger partial charge >= 0.3 is 21.3 Å². The Labute approximate surface area is 188 Å². The van der Waals surface area contributed by atoms with Crippen LogP contribution >= 0.6 is 0 Å². The Bertz CT molecular complexity index is 831. The van der Waals surface area contributed by atoms with Crippen LogP contribution in [0, 0.1) is 17.3 Å². The van der Waals surface area contributed by atoms with Crippen LogP contribution in [0.5, 0.6) is 0 Å². The molecular weight excluding hydrogens is 446 g/mol. The first kappa shape index (κ1) is 25.8. The molecule has 3 saturated carbocycles. The van der Waals surface area contributed by atoms with Crippen LogP contribution in [0.4, 0.5) is 8.78 Å². The van der Waals surface area contributed by atoms with Crippen molar-refractivity contribution in [3.05, 3.63) is 0 Å². The van der Waals surface area contributed by atoms with Crippen molar-refractivity contribution < 1.29 is 41.5 Å². The molecule has 32 heavy (non-hydrogen) atoms. The number of hydrogen-bond donors (Lipinski definition) is 3. The van der Waals surface area contributed by atoms with E-state index in [1.54, 1.807) is 0 Å². The van der Waals surface area contributed by atoms with Gasteiger partial charge in [0.05, 0.1) is 5.60 Å². The Balaban J connectivity index is 2.13. The zero-order chi connectivity index (χ0) is 24.2. The number of esters is 1. The Morgan fingerprint density at radius 3 is 2.19 bits per heavy atom. The fraction of sp³-hybridized carbons (Fsp3) is 0.955. The lowest BCUT2D eigenvalue weighted by Gasteiger charge is -2.62. The number of carbonyl (C=O) groups excluding carboxylic acids is 1. The number of alkyl halides is 2. The van der Waals surface area contributed by atoms with E-state index in [2.05, 4.69) is 6.92 Å². The first-order valence-electron chi connectivity index (χ1n) is 11.6. The van der Waals surface area contributed by atoms with Crippen LogP contribution in [0.2, 0.25) is 0 Å². The standard InChI is InChI=1S/C22H36F2O7S/c1-4-19(26,5-2)18-11-15(3)10-16(12-18)13-21(14-18,20(27)8-6-7-9-20)31-17(25)22(23,24)32(28,29)30/h15-16,26-27H,4-14H2,1-3H3,(H,28,29,30). The number of fused-ring (bicyclic) bond motifs is 2. The molecule has 0 aliphatic heterocycles. The predicted octanol–water partition coefficient (Wildman–Crippen LogP) is 3.82. The molecular formula is C22H36F2O7S. The van der Waals surface area contributed by atoms with E-state index in [9.17, 15) is 32.2 Å². The summed E-state index contributed by atoms with van der Waals surface area (Å²) < 4.78 is 65.1. The van der Waals surface area contributed by atoms with Crippen LogP contribution in [0.25, 0.3) is 0 Å². The van der Waals surface area contributed by atoms with Gasteiger partial charge in [-0.2, -0.15) is 17.2 Å². The van der Waals surface area contributed by atoms with Crippen LogP contribution in [0.3, 0.4) is 0 Å². The van der Waals surface area contributed by atoms with E-state index in [4.69, 9.17) is 9.29 Å². The summed E-state index contributed by atoms with van der Waals surface area (Å²) in [7, 11) is -6.04. The van der Waals surface area contributed by atoms with Gasteiger partial charge in [-0.05, 0) is 69.6 Å². The third-order valence-corrected chi connectivity index (χ3v) is 9.50. The van der Waals surface area contributed by atoms with Crippen molar-refractivity contribution in [3.8, 4) is 0 Å². The summed E-state index contributed by atoms with van der Waals surface area (Å²) in [5.74, 6) is -2.21. The molecule has 0 saturated heterocycles. The summed E-state index contributed by atoms with van der Waals surface area (Å²) in [4.78, 5) is 12.5. The summed E-state index contributed by atoms with van der Waals surface area (Å²) in [5.41, 5.74) is -5.30. The minimum Gasteiger partial charge on any atom is -0.451 e. The Kier molecular flexibility index (Phi) is 6.55. The lowest BCUT2D eigenvalue weighted by Crippen LogP contribution is -2.67. The highest BCUT2D eigenvalue weighted by atomic mass is 32.2. The molecule has 0 radical (unpaired) electrons. The molecule has 0 aromatic rings. The van der Waals surface area contributed by atoms with Crippen LogP contribution in [0.15, 0.2) is 0 Å². The largest absolute Gasteiger partial charge is 0.465 e. The van der Waals surface area contributed by atoms with Crippen molar-refractivity contribution in [1.29, 1.82) is 0 Å². The number of hydrogen-bond acceptors (Lipinski definition) is 6. The average molecular weight is 483 g/mol. The van der Waals surface area contributed by atoms with Crippen molar-refractivity contribution in [2.45, 2.75) is 113 Å². The molecule has 0 aromatic carbocycles. The lowest BCUT2D eigenvalue weighted by molar-refractivity contribution is -0.261. The number of carbonyl (C=O) groups is 1. The van der Waals surface area contributed by atoms with E-state index >= 15 is 0 Å². The summed E-state index contributed by atoms with van der Waals surface area (Å²) in [6, 6.07) is 0. The van der Waals surface area contributed by atoms with E-state index < -0.39 is 43.6 Å². The summed E-state index contributed by atoms with van der Waals surface area (Å²) in [5, 5.41) is 18.1. The average Bonchev–Trinajstić information content (AvgIpc) is 3.13. The van der Waals surface area contributed by atoms with Gasteiger partial charge in [0.1, 0.15) is 11.2 Å². The molecule has 0 amide bonds. The Morgan fingerprint density at radius 2 is 1.69 bits per heavy atom. The number of aliphatic hydroxyl groups is 2. The van der Waals surface area contributed by atoms with Crippen molar-refractivity contribution in [3.63, 3.8) is 0 Å². The Hall–Kier alpha value is -0.840. The van der Waals surface area contributed by atoms with Crippen LogP contribution in [0.1, 0.15) is 91.4 Å². The molecule has 4 unspecified atom stereocenters. The minimum absolute atomic E-state index is 0.0250. The monoisotopic (exact) mass is 482 g/mol. The third kappa shape index (κ3) is 3.88. The summed E-state index contributed by atoms with van der Waals surface area (Å²) in [6.07, 6.45) is 4.54. The number of rotatable bonds is 7. The zero-order valence-corrected chi connectivity index (χ0v) is 19.9. The highest BCUT2D eigenvalue weighted by Gasteiger charge is 2.68. The van der Waals surface area contributed by atoms with Crippen LogP contribution < -0.4 is 0 Å². The molecule has 0 heterocycles. The molecule has 10 heteroatoms. The highest BCUT2D eigenvalue weighted by molar-refractivity contribution is 7.87. The Morgan fingerprint density at radius 1 is 1.12 bits per heavy atom. The first-order valence-corrected chi connectivity index (χ1v) is 13.1. The van der Waals surface area contributed by atoms with Crippen molar-refractivity contribution in [2.24, 2.45) is 17.3 Å². The van der Waals surface area contributed by atoms with Crippen LogP contribution in [-0.4, -0.2) is 51.2 Å². The van der Waals surface area contributed by atoms with Gasteiger partial charge in [0.15, 0.2) is 0 Å². The smallest absolute Gasteiger partial charge is 0.451 e. The van der Waals surface area contributed by atoms with Gasteiger partial charge in [-0.25, -0.2) is 4.79 Å². The molecule has 3 rings (SSSR count). The fourth-order valence-electron chi connectivity index (χ4n) is 7.25. The van der Waals surface area contributed by atoms with E-state index in [0.717, 1.165) is 6.42 Å². The van der Waals surface area contributed by atoms with E-state index in [-0.39, 0.29) is 37.5 Å². The summed E-state index contributed by atoms with van der Waals surface area (Å²) >= 11 is 0. The predicted molar refractivity (Wildman–Crippen MR) is 112 cm³/mol. The van der Waals surface area contributed by atoms with Crippen molar-refractivity contribution >= 4 is 16.1 Å². The molecule has 3 fully saturated rings. The zero-order valence-electron chi connectivity index (χ0n) is 19.1. The number of halogens is 2. The molecule has 0 spiro atoms. The highest BCUT2D eigenvalue weighted by Crippen LogP contribution is 2.64. The lowest BCUT2D eigenvalue weighted by atomic mass is 9.47. The van der Waals surface area contributed by atoms with Gasteiger partial charge in [-0.3, -0.25) is 4.55 Å². The molecule has 2 bridgehead atoms. The first-order chi connectivity index (χ1) is 14.6. The van der Waals surface area contributed by atoms with Crippen molar-refractivity contribution in [2.75, 3.05) is 0 Å². The van der Waals surface area contributed by atoms with Gasteiger partial charge in [0, 0.05) is 5.41 Å². The molecule has 3 N–H and O–H groups in total. The third-order valence-electron chi connectivity index (χ3n) is 8.68. The van der Waals surface area contributed by atoms with Gasteiger partial charge in [-0.1, -0.05) is 33.6 Å². The van der Waals surface area contributed by atoms with Gasteiger partial charge in [0.25, 0.3) is 0 Å². The molecule has 7 nitrogen and oxygen atoms in total. The second-order valence-corrected chi connectivity index (χ2v) is 12.1. The topological polar surface area (TPSA) is 121 Å². The maximum absolute atomic E-state index is 14.2. The minimum atomic E-state index is -6.04. The van der Waals surface area contributed by atoms with Crippen LogP contribution in [-0.2, 0) is 19.6 Å². The van der Waals surface area contributed by atoms with Gasteiger partial charge < -0.3 is 14.9 Å². The van der Waals surface area contributed by atoms with E-state index in [1.165, 1.54) is 0 Å².